The minimum Gasteiger partial charge on any atom is -0.477 e. The molecule has 0 spiro atoms. The molecule has 7 heteroatoms. The topological polar surface area (TPSA) is 96.5 Å². The van der Waals surface area contributed by atoms with Crippen LogP contribution in [0.5, 0.6) is 5.75 Å². The first kappa shape index (κ1) is 18.9. The number of carbonyl (C=O) groups is 1. The number of rotatable bonds is 9. The second kappa shape index (κ2) is 9.79. The molecule has 0 N–H and O–H groups in total. The molecule has 1 amide bonds. The van der Waals surface area contributed by atoms with Crippen molar-refractivity contribution >= 4 is 11.6 Å². The maximum atomic E-state index is 12.4. The van der Waals surface area contributed by atoms with Crippen LogP contribution in [0.15, 0.2) is 54.6 Å². The van der Waals surface area contributed by atoms with Gasteiger partial charge in [-0.15, -0.1) is 0 Å². The molecule has 0 aliphatic rings. The van der Waals surface area contributed by atoms with Gasteiger partial charge in [0, 0.05) is 19.2 Å². The molecule has 0 fully saturated rings. The number of nitriles is 1. The number of hydrogen-bond acceptors (Lipinski definition) is 5. The molecule has 0 saturated carbocycles. The number of nitro groups is 1. The van der Waals surface area contributed by atoms with Crippen LogP contribution in [0, 0.1) is 21.4 Å². The molecule has 134 valence electrons. The Morgan fingerprint density at radius 2 is 1.81 bits per heavy atom. The number of hydrogen-bond donors (Lipinski definition) is 0. The number of carbonyl (C=O) groups excluding carboxylic acids is 1. The largest absolute Gasteiger partial charge is 0.477 e. The Hall–Kier alpha value is -3.40. The third kappa shape index (κ3) is 5.60. The number of nitro benzene ring substituents is 1. The smallest absolute Gasteiger partial charge is 0.310 e. The van der Waals surface area contributed by atoms with Crippen molar-refractivity contribution < 1.29 is 14.5 Å². The van der Waals surface area contributed by atoms with Gasteiger partial charge in [-0.05, 0) is 18.1 Å². The lowest BCUT2D eigenvalue weighted by molar-refractivity contribution is -0.385. The van der Waals surface area contributed by atoms with E-state index in [2.05, 4.69) is 0 Å². The number of benzene rings is 2. The summed E-state index contributed by atoms with van der Waals surface area (Å²) in [7, 11) is 0. The van der Waals surface area contributed by atoms with Crippen LogP contribution in [-0.4, -0.2) is 35.4 Å². The molecular weight excluding hydrogens is 334 g/mol. The van der Waals surface area contributed by atoms with Crippen LogP contribution >= 0.6 is 0 Å². The zero-order valence-electron chi connectivity index (χ0n) is 14.2. The van der Waals surface area contributed by atoms with Gasteiger partial charge < -0.3 is 9.64 Å². The van der Waals surface area contributed by atoms with Crippen LogP contribution in [0.1, 0.15) is 12.0 Å². The molecule has 2 rings (SSSR count). The Kier molecular flexibility index (Phi) is 7.13. The Morgan fingerprint density at radius 1 is 1.12 bits per heavy atom. The molecule has 2 aromatic carbocycles. The monoisotopic (exact) mass is 353 g/mol. The highest BCUT2D eigenvalue weighted by molar-refractivity contribution is 5.78. The van der Waals surface area contributed by atoms with Gasteiger partial charge in [-0.25, -0.2) is 0 Å². The van der Waals surface area contributed by atoms with Gasteiger partial charge in [0.05, 0.1) is 17.4 Å². The standard InChI is InChI=1S/C19H19N3O4/c20-12-6-13-21(14-11-16-7-2-1-3-8-16)19(23)15-26-18-10-5-4-9-17(18)22(24)25/h1-5,7-10H,6,11,13-15H2. The van der Waals surface area contributed by atoms with E-state index in [0.29, 0.717) is 19.5 Å². The molecule has 0 saturated heterocycles. The van der Waals surface area contributed by atoms with E-state index in [0.717, 1.165) is 5.56 Å². The highest BCUT2D eigenvalue weighted by Crippen LogP contribution is 2.25. The van der Waals surface area contributed by atoms with Gasteiger partial charge in [0.15, 0.2) is 12.4 Å². The molecule has 7 nitrogen and oxygen atoms in total. The molecule has 0 aromatic heterocycles. The van der Waals surface area contributed by atoms with Crippen molar-refractivity contribution in [2.24, 2.45) is 0 Å². The Balaban J connectivity index is 1.98. The number of para-hydroxylation sites is 2. The molecule has 0 aliphatic heterocycles. The highest BCUT2D eigenvalue weighted by Gasteiger charge is 2.18. The van der Waals surface area contributed by atoms with Crippen LogP contribution in [-0.2, 0) is 11.2 Å². The van der Waals surface area contributed by atoms with Crippen molar-refractivity contribution in [2.45, 2.75) is 12.8 Å². The predicted octanol–water partition coefficient (Wildman–Crippen LogP) is 2.96. The molecule has 0 heterocycles. The maximum absolute atomic E-state index is 12.4. The van der Waals surface area contributed by atoms with E-state index in [1.165, 1.54) is 18.2 Å². The number of ether oxygens (including phenoxy) is 1. The molecule has 0 unspecified atom stereocenters. The zero-order chi connectivity index (χ0) is 18.8. The van der Waals surface area contributed by atoms with Crippen LogP contribution in [0.3, 0.4) is 0 Å². The summed E-state index contributed by atoms with van der Waals surface area (Å²) in [5, 5.41) is 19.8. The van der Waals surface area contributed by atoms with Crippen LogP contribution < -0.4 is 4.74 Å². The second-order valence-corrected chi connectivity index (χ2v) is 5.54. The highest BCUT2D eigenvalue weighted by atomic mass is 16.6. The lowest BCUT2D eigenvalue weighted by Crippen LogP contribution is -2.37. The number of nitrogens with zero attached hydrogens (tertiary/aromatic N) is 3. The quantitative estimate of drug-likeness (QED) is 0.510. The third-order valence-electron chi connectivity index (χ3n) is 3.77. The van der Waals surface area contributed by atoms with Crippen molar-refractivity contribution in [3.63, 3.8) is 0 Å². The SMILES string of the molecule is N#CCCN(CCc1ccccc1)C(=O)COc1ccccc1[N+](=O)[O-]. The normalized spacial score (nSPS) is 9.96. The minimum atomic E-state index is -0.553. The molecule has 0 aliphatic carbocycles. The van der Waals surface area contributed by atoms with Crippen LogP contribution in [0.4, 0.5) is 5.69 Å². The Morgan fingerprint density at radius 3 is 2.50 bits per heavy atom. The van der Waals surface area contributed by atoms with Gasteiger partial charge in [0.2, 0.25) is 0 Å². The molecular formula is C19H19N3O4. The predicted molar refractivity (Wildman–Crippen MR) is 95.5 cm³/mol. The van der Waals surface area contributed by atoms with E-state index < -0.39 is 4.92 Å². The average molecular weight is 353 g/mol. The molecule has 0 bridgehead atoms. The summed E-state index contributed by atoms with van der Waals surface area (Å²) in [6.45, 7) is 0.429. The fourth-order valence-corrected chi connectivity index (χ4v) is 2.42. The van der Waals surface area contributed by atoms with E-state index in [9.17, 15) is 14.9 Å². The van der Waals surface area contributed by atoms with Crippen molar-refractivity contribution in [2.75, 3.05) is 19.7 Å². The summed E-state index contributed by atoms with van der Waals surface area (Å²) in [4.78, 5) is 24.4. The minimum absolute atomic E-state index is 0.0501. The summed E-state index contributed by atoms with van der Waals surface area (Å²) in [6, 6.07) is 17.6. The third-order valence-corrected chi connectivity index (χ3v) is 3.77. The van der Waals surface area contributed by atoms with E-state index >= 15 is 0 Å². The van der Waals surface area contributed by atoms with Gasteiger partial charge in [-0.1, -0.05) is 42.5 Å². The molecule has 0 atom stereocenters. The summed E-state index contributed by atoms with van der Waals surface area (Å²) in [5.41, 5.74) is 0.898. The fourth-order valence-electron chi connectivity index (χ4n) is 2.42. The summed E-state index contributed by atoms with van der Waals surface area (Å²) >= 11 is 0. The van der Waals surface area contributed by atoms with Crippen LogP contribution in [0.25, 0.3) is 0 Å². The second-order valence-electron chi connectivity index (χ2n) is 5.54. The van der Waals surface area contributed by atoms with Crippen molar-refractivity contribution in [3.8, 4) is 11.8 Å². The van der Waals surface area contributed by atoms with Gasteiger partial charge in [-0.2, -0.15) is 5.26 Å². The summed E-state index contributed by atoms with van der Waals surface area (Å²) in [5.74, 6) is -0.261. The Bertz CT molecular complexity index is 787. The van der Waals surface area contributed by atoms with Gasteiger partial charge in [0.25, 0.3) is 5.91 Å². The Labute approximate surface area is 151 Å². The first-order valence-electron chi connectivity index (χ1n) is 8.16. The lowest BCUT2D eigenvalue weighted by atomic mass is 10.1. The molecule has 2 aromatic rings. The first-order valence-corrected chi connectivity index (χ1v) is 8.16. The lowest BCUT2D eigenvalue weighted by Gasteiger charge is -2.21. The van der Waals surface area contributed by atoms with Crippen molar-refractivity contribution in [3.05, 3.63) is 70.3 Å². The summed E-state index contributed by atoms with van der Waals surface area (Å²) in [6.07, 6.45) is 0.871. The van der Waals surface area contributed by atoms with E-state index in [-0.39, 0.29) is 30.4 Å². The average Bonchev–Trinajstić information content (AvgIpc) is 2.67. The van der Waals surface area contributed by atoms with Crippen molar-refractivity contribution in [1.82, 2.24) is 4.90 Å². The van der Waals surface area contributed by atoms with Crippen molar-refractivity contribution in [1.29, 1.82) is 5.26 Å². The van der Waals surface area contributed by atoms with E-state index in [4.69, 9.17) is 10.00 Å². The molecule has 26 heavy (non-hydrogen) atoms. The summed E-state index contributed by atoms with van der Waals surface area (Å²) < 4.78 is 5.36. The van der Waals surface area contributed by atoms with Gasteiger partial charge in [-0.3, -0.25) is 14.9 Å². The zero-order valence-corrected chi connectivity index (χ0v) is 14.2. The first-order chi connectivity index (χ1) is 12.6. The fraction of sp³-hybridized carbons (Fsp3) is 0.263. The van der Waals surface area contributed by atoms with Gasteiger partial charge >= 0.3 is 5.69 Å². The maximum Gasteiger partial charge on any atom is 0.310 e. The van der Waals surface area contributed by atoms with Gasteiger partial charge in [0.1, 0.15) is 0 Å². The van der Waals surface area contributed by atoms with Crippen LogP contribution in [0.2, 0.25) is 0 Å². The van der Waals surface area contributed by atoms with E-state index in [1.807, 2.05) is 36.4 Å². The number of amides is 1. The molecule has 0 radical (unpaired) electrons. The van der Waals surface area contributed by atoms with E-state index in [1.54, 1.807) is 11.0 Å².